The van der Waals surface area contributed by atoms with Crippen molar-refractivity contribution >= 4 is 22.9 Å². The van der Waals surface area contributed by atoms with E-state index in [4.69, 9.17) is 10.7 Å². The highest BCUT2D eigenvalue weighted by Gasteiger charge is 2.30. The van der Waals surface area contributed by atoms with Gasteiger partial charge in [0, 0.05) is 23.3 Å². The van der Waals surface area contributed by atoms with Gasteiger partial charge in [-0.2, -0.15) is 0 Å². The molecule has 2 aliphatic rings. The molecule has 0 saturated heterocycles. The summed E-state index contributed by atoms with van der Waals surface area (Å²) in [6.45, 7) is 0.792. The van der Waals surface area contributed by atoms with Gasteiger partial charge in [-0.3, -0.25) is 9.79 Å². The molecule has 1 amide bonds. The number of amides is 1. The van der Waals surface area contributed by atoms with E-state index in [1.807, 2.05) is 54.6 Å². The van der Waals surface area contributed by atoms with Gasteiger partial charge in [0.05, 0.1) is 17.4 Å². The maximum absolute atomic E-state index is 11.7. The van der Waals surface area contributed by atoms with Crippen LogP contribution in [0.4, 0.5) is 5.69 Å². The summed E-state index contributed by atoms with van der Waals surface area (Å²) in [7, 11) is 0. The van der Waals surface area contributed by atoms with Gasteiger partial charge < -0.3 is 11.1 Å². The molecule has 124 valence electrons. The van der Waals surface area contributed by atoms with E-state index in [-0.39, 0.29) is 6.04 Å². The molecule has 4 nitrogen and oxygen atoms in total. The van der Waals surface area contributed by atoms with Gasteiger partial charge in [0.25, 0.3) is 0 Å². The third-order valence-corrected chi connectivity index (χ3v) is 4.56. The molecule has 0 radical (unpaired) electrons. The Kier molecular flexibility index (Phi) is 4.04. The predicted octanol–water partition coefficient (Wildman–Crippen LogP) is 2.78. The van der Waals surface area contributed by atoms with E-state index in [0.29, 0.717) is 5.57 Å². The molecule has 2 aromatic carbocycles. The van der Waals surface area contributed by atoms with Gasteiger partial charge in [-0.1, -0.05) is 48.5 Å². The molecule has 0 fully saturated rings. The van der Waals surface area contributed by atoms with Crippen molar-refractivity contribution in [2.24, 2.45) is 10.7 Å². The number of benzene rings is 2. The Morgan fingerprint density at radius 1 is 1.08 bits per heavy atom. The number of aliphatic imine (C=N–C) groups is 1. The second-order valence-electron chi connectivity index (χ2n) is 6.23. The van der Waals surface area contributed by atoms with Crippen LogP contribution < -0.4 is 11.1 Å². The molecule has 1 aliphatic carbocycles. The fourth-order valence-corrected chi connectivity index (χ4v) is 3.30. The van der Waals surface area contributed by atoms with Crippen LogP contribution in [0, 0.1) is 0 Å². The first-order valence-corrected chi connectivity index (χ1v) is 8.41. The Bertz CT molecular complexity index is 910. The molecule has 4 heteroatoms. The van der Waals surface area contributed by atoms with Crippen molar-refractivity contribution in [1.29, 1.82) is 0 Å². The monoisotopic (exact) mass is 329 g/mol. The van der Waals surface area contributed by atoms with Gasteiger partial charge in [0.1, 0.15) is 0 Å². The van der Waals surface area contributed by atoms with Gasteiger partial charge in [0.2, 0.25) is 5.91 Å². The van der Waals surface area contributed by atoms with E-state index < -0.39 is 5.91 Å². The Labute approximate surface area is 146 Å². The predicted molar refractivity (Wildman–Crippen MR) is 101 cm³/mol. The van der Waals surface area contributed by atoms with Crippen molar-refractivity contribution in [3.63, 3.8) is 0 Å². The van der Waals surface area contributed by atoms with Crippen molar-refractivity contribution in [1.82, 2.24) is 5.32 Å². The maximum atomic E-state index is 11.7. The van der Waals surface area contributed by atoms with Gasteiger partial charge in [0.15, 0.2) is 0 Å². The number of hydrogen-bond acceptors (Lipinski definition) is 3. The normalized spacial score (nSPS) is 17.9. The minimum absolute atomic E-state index is 0.112. The molecule has 0 bridgehead atoms. The Hall–Kier alpha value is -2.98. The van der Waals surface area contributed by atoms with E-state index in [1.54, 1.807) is 0 Å². The van der Waals surface area contributed by atoms with Crippen LogP contribution in [0.5, 0.6) is 0 Å². The van der Waals surface area contributed by atoms with E-state index in [1.165, 1.54) is 5.56 Å². The number of fused-ring (bicyclic) bond motifs is 3. The molecule has 1 unspecified atom stereocenters. The quantitative estimate of drug-likeness (QED) is 0.886. The zero-order chi connectivity index (χ0) is 17.2. The third kappa shape index (κ3) is 3.04. The van der Waals surface area contributed by atoms with Crippen LogP contribution in [0.15, 0.2) is 77.3 Å². The second-order valence-corrected chi connectivity index (χ2v) is 6.23. The van der Waals surface area contributed by atoms with Crippen LogP contribution >= 0.6 is 0 Å². The number of nitrogens with two attached hydrogens (primary N) is 1. The lowest BCUT2D eigenvalue weighted by Gasteiger charge is -2.21. The molecule has 2 aromatic rings. The molecule has 1 atom stereocenters. The highest BCUT2D eigenvalue weighted by Crippen LogP contribution is 2.38. The summed E-state index contributed by atoms with van der Waals surface area (Å²) in [4.78, 5) is 16.5. The summed E-state index contributed by atoms with van der Waals surface area (Å²) in [5, 5.41) is 3.51. The number of hydrogen-bond donors (Lipinski definition) is 2. The van der Waals surface area contributed by atoms with Crippen molar-refractivity contribution < 1.29 is 4.79 Å². The van der Waals surface area contributed by atoms with Gasteiger partial charge in [-0.05, 0) is 30.2 Å². The summed E-state index contributed by atoms with van der Waals surface area (Å²) in [6.07, 6.45) is 4.64. The first-order valence-electron chi connectivity index (χ1n) is 8.41. The van der Waals surface area contributed by atoms with Crippen LogP contribution in [-0.4, -0.2) is 24.2 Å². The van der Waals surface area contributed by atoms with Gasteiger partial charge >= 0.3 is 0 Å². The number of primary amides is 1. The molecule has 1 aliphatic heterocycles. The first kappa shape index (κ1) is 15.5. The molecular formula is C21H19N3O. The van der Waals surface area contributed by atoms with Crippen LogP contribution in [-0.2, 0) is 11.2 Å². The van der Waals surface area contributed by atoms with E-state index >= 15 is 0 Å². The third-order valence-electron chi connectivity index (χ3n) is 4.56. The average molecular weight is 329 g/mol. The minimum Gasteiger partial charge on any atom is -0.366 e. The minimum atomic E-state index is -0.411. The lowest BCUT2D eigenvalue weighted by atomic mass is 9.90. The smallest absolute Gasteiger partial charge is 0.248 e. The fourth-order valence-electron chi connectivity index (χ4n) is 3.30. The van der Waals surface area contributed by atoms with Crippen molar-refractivity contribution in [2.75, 3.05) is 6.54 Å². The standard InChI is InChI=1S/C21H19N3O/c22-21(25)15-12-17-16-8-4-5-9-18(16)24-20(17)19(13-15)23-11-10-14-6-2-1-3-7-14/h1-9,12-13,19,23H,10-11H2,(H2,22,25). The lowest BCUT2D eigenvalue weighted by Crippen LogP contribution is -2.38. The molecule has 4 rings (SSSR count). The molecule has 3 N–H and O–H groups in total. The maximum Gasteiger partial charge on any atom is 0.248 e. The largest absolute Gasteiger partial charge is 0.366 e. The lowest BCUT2D eigenvalue weighted by molar-refractivity contribution is -0.114. The van der Waals surface area contributed by atoms with Gasteiger partial charge in [-0.15, -0.1) is 0 Å². The fraction of sp³-hybridized carbons (Fsp3) is 0.143. The van der Waals surface area contributed by atoms with Crippen LogP contribution in [0.2, 0.25) is 0 Å². The summed E-state index contributed by atoms with van der Waals surface area (Å²) in [6, 6.07) is 18.2. The van der Waals surface area contributed by atoms with Crippen LogP contribution in [0.1, 0.15) is 11.1 Å². The van der Waals surface area contributed by atoms with Crippen molar-refractivity contribution in [3.05, 3.63) is 83.4 Å². The number of nitrogens with zero attached hydrogens (tertiary/aromatic N) is 1. The van der Waals surface area contributed by atoms with E-state index in [0.717, 1.165) is 35.5 Å². The highest BCUT2D eigenvalue weighted by molar-refractivity contribution is 6.33. The van der Waals surface area contributed by atoms with Crippen molar-refractivity contribution in [3.8, 4) is 0 Å². The van der Waals surface area contributed by atoms with E-state index in [2.05, 4.69) is 17.4 Å². The Balaban J connectivity index is 1.57. The van der Waals surface area contributed by atoms with Crippen molar-refractivity contribution in [2.45, 2.75) is 12.5 Å². The zero-order valence-electron chi connectivity index (χ0n) is 13.8. The number of carbonyl (C=O) groups excluding carboxylic acids is 1. The number of para-hydroxylation sites is 1. The topological polar surface area (TPSA) is 67.5 Å². The SMILES string of the molecule is NC(=O)C1=CC(NCCc2ccccc2)C2=Nc3ccccc3C2=C1. The molecule has 25 heavy (non-hydrogen) atoms. The number of nitrogens with one attached hydrogen (secondary N) is 1. The second kappa shape index (κ2) is 6.49. The number of rotatable bonds is 5. The molecule has 1 heterocycles. The van der Waals surface area contributed by atoms with E-state index in [9.17, 15) is 4.79 Å². The Morgan fingerprint density at radius 3 is 2.64 bits per heavy atom. The first-order chi connectivity index (χ1) is 12.2. The number of carbonyl (C=O) groups is 1. The van der Waals surface area contributed by atoms with Crippen LogP contribution in [0.25, 0.3) is 5.57 Å². The van der Waals surface area contributed by atoms with Gasteiger partial charge in [-0.25, -0.2) is 0 Å². The molecular weight excluding hydrogens is 310 g/mol. The Morgan fingerprint density at radius 2 is 1.84 bits per heavy atom. The highest BCUT2D eigenvalue weighted by atomic mass is 16.1. The average Bonchev–Trinajstić information content (AvgIpc) is 3.01. The molecule has 0 spiro atoms. The summed E-state index contributed by atoms with van der Waals surface area (Å²) in [5.41, 5.74) is 11.3. The summed E-state index contributed by atoms with van der Waals surface area (Å²) in [5.74, 6) is -0.411. The van der Waals surface area contributed by atoms with Crippen LogP contribution in [0.3, 0.4) is 0 Å². The summed E-state index contributed by atoms with van der Waals surface area (Å²) < 4.78 is 0. The zero-order valence-corrected chi connectivity index (χ0v) is 13.8. The molecule has 0 saturated carbocycles. The summed E-state index contributed by atoms with van der Waals surface area (Å²) >= 11 is 0. The molecule has 0 aromatic heterocycles.